The first-order valence-electron chi connectivity index (χ1n) is 6.81. The van der Waals surface area contributed by atoms with Crippen molar-refractivity contribution in [2.75, 3.05) is 27.2 Å². The molecule has 2 atom stereocenters. The highest BCUT2D eigenvalue weighted by Crippen LogP contribution is 2.29. The molecule has 2 heteroatoms. The molecule has 1 N–H and O–H groups in total. The van der Waals surface area contributed by atoms with Gasteiger partial charge in [-0.25, -0.2) is 0 Å². The maximum absolute atomic E-state index is 3.30. The Morgan fingerprint density at radius 3 is 2.44 bits per heavy atom. The topological polar surface area (TPSA) is 15.3 Å². The Balaban J connectivity index is 2.46. The van der Waals surface area contributed by atoms with Crippen molar-refractivity contribution in [2.45, 2.75) is 52.5 Å². The van der Waals surface area contributed by atoms with Gasteiger partial charge in [-0.15, -0.1) is 0 Å². The lowest BCUT2D eigenvalue weighted by Crippen LogP contribution is -2.45. The Hall–Kier alpha value is -0.0800. The standard InChI is InChI=1S/C14H30N2/c1-12-8-6-7-9-13(12)16(5)11-14(2,3)10-15-4/h12-13,15H,6-11H2,1-5H3. The number of hydrogen-bond donors (Lipinski definition) is 1. The Morgan fingerprint density at radius 2 is 1.88 bits per heavy atom. The third-order valence-electron chi connectivity index (χ3n) is 3.97. The first kappa shape index (κ1) is 14.0. The van der Waals surface area contributed by atoms with Crippen LogP contribution in [0.4, 0.5) is 0 Å². The lowest BCUT2D eigenvalue weighted by Gasteiger charge is -2.40. The average molecular weight is 226 g/mol. The molecular weight excluding hydrogens is 196 g/mol. The van der Waals surface area contributed by atoms with Crippen molar-refractivity contribution < 1.29 is 0 Å². The van der Waals surface area contributed by atoms with Gasteiger partial charge in [0.25, 0.3) is 0 Å². The van der Waals surface area contributed by atoms with E-state index in [1.54, 1.807) is 0 Å². The maximum Gasteiger partial charge on any atom is 0.0118 e. The van der Waals surface area contributed by atoms with Gasteiger partial charge in [0.05, 0.1) is 0 Å². The highest BCUT2D eigenvalue weighted by Gasteiger charge is 2.28. The second-order valence-electron chi connectivity index (χ2n) is 6.44. The summed E-state index contributed by atoms with van der Waals surface area (Å²) in [6, 6.07) is 0.810. The molecule has 0 heterocycles. The van der Waals surface area contributed by atoms with Crippen molar-refractivity contribution in [2.24, 2.45) is 11.3 Å². The van der Waals surface area contributed by atoms with Gasteiger partial charge in [-0.3, -0.25) is 0 Å². The Bertz CT molecular complexity index is 201. The summed E-state index contributed by atoms with van der Waals surface area (Å²) in [4.78, 5) is 2.60. The predicted octanol–water partition coefficient (Wildman–Crippen LogP) is 2.74. The molecule has 2 nitrogen and oxygen atoms in total. The molecule has 0 bridgehead atoms. The minimum absolute atomic E-state index is 0.376. The van der Waals surface area contributed by atoms with Gasteiger partial charge in [-0.05, 0) is 38.3 Å². The van der Waals surface area contributed by atoms with Crippen molar-refractivity contribution >= 4 is 0 Å². The fraction of sp³-hybridized carbons (Fsp3) is 1.00. The van der Waals surface area contributed by atoms with E-state index in [9.17, 15) is 0 Å². The van der Waals surface area contributed by atoms with Crippen LogP contribution in [0.2, 0.25) is 0 Å². The smallest absolute Gasteiger partial charge is 0.0118 e. The third kappa shape index (κ3) is 4.06. The zero-order chi connectivity index (χ0) is 12.2. The van der Waals surface area contributed by atoms with Crippen LogP contribution in [0, 0.1) is 11.3 Å². The van der Waals surface area contributed by atoms with E-state index in [1.807, 2.05) is 7.05 Å². The van der Waals surface area contributed by atoms with Gasteiger partial charge < -0.3 is 10.2 Å². The monoisotopic (exact) mass is 226 g/mol. The summed E-state index contributed by atoms with van der Waals surface area (Å²) in [5, 5.41) is 3.30. The third-order valence-corrected chi connectivity index (χ3v) is 3.97. The Morgan fingerprint density at radius 1 is 1.25 bits per heavy atom. The van der Waals surface area contributed by atoms with Gasteiger partial charge in [-0.1, -0.05) is 33.6 Å². The lowest BCUT2D eigenvalue weighted by molar-refractivity contribution is 0.0976. The fourth-order valence-corrected chi connectivity index (χ4v) is 3.28. The van der Waals surface area contributed by atoms with Crippen LogP contribution in [0.1, 0.15) is 46.5 Å². The minimum atomic E-state index is 0.376. The van der Waals surface area contributed by atoms with E-state index in [2.05, 4.69) is 38.0 Å². The van der Waals surface area contributed by atoms with Crippen LogP contribution in [0.5, 0.6) is 0 Å². The van der Waals surface area contributed by atoms with E-state index in [4.69, 9.17) is 0 Å². The van der Waals surface area contributed by atoms with Crippen LogP contribution < -0.4 is 5.32 Å². The van der Waals surface area contributed by atoms with Crippen molar-refractivity contribution in [3.05, 3.63) is 0 Å². The van der Waals surface area contributed by atoms with E-state index < -0.39 is 0 Å². The minimum Gasteiger partial charge on any atom is -0.319 e. The molecule has 0 aliphatic heterocycles. The average Bonchev–Trinajstić information content (AvgIpc) is 2.17. The SMILES string of the molecule is CNCC(C)(C)CN(C)C1CCCCC1C. The normalized spacial score (nSPS) is 27.4. The van der Waals surface area contributed by atoms with E-state index in [0.29, 0.717) is 5.41 Å². The van der Waals surface area contributed by atoms with E-state index in [-0.39, 0.29) is 0 Å². The molecule has 1 rings (SSSR count). The summed E-state index contributed by atoms with van der Waals surface area (Å²) >= 11 is 0. The van der Waals surface area contributed by atoms with Crippen LogP contribution in [-0.2, 0) is 0 Å². The number of nitrogens with one attached hydrogen (secondary N) is 1. The predicted molar refractivity (Wildman–Crippen MR) is 71.8 cm³/mol. The molecule has 0 aromatic heterocycles. The van der Waals surface area contributed by atoms with Crippen molar-refractivity contribution in [3.8, 4) is 0 Å². The molecule has 1 aliphatic rings. The van der Waals surface area contributed by atoms with Gasteiger partial charge in [0.1, 0.15) is 0 Å². The second kappa shape index (κ2) is 6.02. The Kier molecular flexibility index (Phi) is 5.26. The van der Waals surface area contributed by atoms with E-state index >= 15 is 0 Å². The van der Waals surface area contributed by atoms with E-state index in [0.717, 1.165) is 18.5 Å². The maximum atomic E-state index is 3.30. The molecule has 0 aromatic carbocycles. The van der Waals surface area contributed by atoms with Crippen LogP contribution in [0.3, 0.4) is 0 Å². The molecule has 16 heavy (non-hydrogen) atoms. The first-order valence-corrected chi connectivity index (χ1v) is 6.81. The lowest BCUT2D eigenvalue weighted by atomic mass is 9.83. The molecule has 1 aliphatic carbocycles. The van der Waals surface area contributed by atoms with Crippen LogP contribution in [-0.4, -0.2) is 38.1 Å². The molecule has 0 spiro atoms. The largest absolute Gasteiger partial charge is 0.319 e. The van der Waals surface area contributed by atoms with Gasteiger partial charge in [0.15, 0.2) is 0 Å². The first-order chi connectivity index (χ1) is 7.46. The van der Waals surface area contributed by atoms with Crippen molar-refractivity contribution in [1.29, 1.82) is 0 Å². The Labute approximate surface area is 102 Å². The van der Waals surface area contributed by atoms with Gasteiger partial charge >= 0.3 is 0 Å². The quantitative estimate of drug-likeness (QED) is 0.775. The van der Waals surface area contributed by atoms with Crippen LogP contribution in [0.15, 0.2) is 0 Å². The number of hydrogen-bond acceptors (Lipinski definition) is 2. The molecule has 2 unspecified atom stereocenters. The summed E-state index contributed by atoms with van der Waals surface area (Å²) in [6.07, 6.45) is 5.67. The van der Waals surface area contributed by atoms with E-state index in [1.165, 1.54) is 32.2 Å². The zero-order valence-corrected chi connectivity index (χ0v) is 11.8. The molecule has 96 valence electrons. The van der Waals surface area contributed by atoms with Gasteiger partial charge in [0.2, 0.25) is 0 Å². The van der Waals surface area contributed by atoms with Crippen LogP contribution in [0.25, 0.3) is 0 Å². The summed E-state index contributed by atoms with van der Waals surface area (Å²) < 4.78 is 0. The number of nitrogens with zero attached hydrogens (tertiary/aromatic N) is 1. The van der Waals surface area contributed by atoms with Crippen molar-refractivity contribution in [1.82, 2.24) is 10.2 Å². The van der Waals surface area contributed by atoms with Crippen LogP contribution >= 0.6 is 0 Å². The summed E-state index contributed by atoms with van der Waals surface area (Å²) in [5.41, 5.74) is 0.376. The molecule has 0 radical (unpaired) electrons. The summed E-state index contributed by atoms with van der Waals surface area (Å²) in [5.74, 6) is 0.879. The molecule has 1 saturated carbocycles. The highest BCUT2D eigenvalue weighted by atomic mass is 15.1. The molecular formula is C14H30N2. The zero-order valence-electron chi connectivity index (χ0n) is 11.8. The molecule has 1 fully saturated rings. The summed E-state index contributed by atoms with van der Waals surface area (Å²) in [6.45, 7) is 9.42. The van der Waals surface area contributed by atoms with Gasteiger partial charge in [-0.2, -0.15) is 0 Å². The summed E-state index contributed by atoms with van der Waals surface area (Å²) in [7, 11) is 4.36. The molecule has 0 aromatic rings. The fourth-order valence-electron chi connectivity index (χ4n) is 3.28. The second-order valence-corrected chi connectivity index (χ2v) is 6.44. The van der Waals surface area contributed by atoms with Gasteiger partial charge in [0, 0.05) is 19.1 Å². The molecule has 0 saturated heterocycles. The highest BCUT2D eigenvalue weighted by molar-refractivity contribution is 4.83. The van der Waals surface area contributed by atoms with Crippen molar-refractivity contribution in [3.63, 3.8) is 0 Å². The molecule has 0 amide bonds. The number of rotatable bonds is 5.